The quantitative estimate of drug-likeness (QED) is 0.269. The Morgan fingerprint density at radius 3 is 3.07 bits per heavy atom. The Bertz CT molecular complexity index is 365. The SMILES string of the molecule is CCOC(=O)CSc1cc[se]c1[N+](=O)[O-]. The van der Waals surface area contributed by atoms with Crippen molar-refractivity contribution in [2.24, 2.45) is 0 Å². The summed E-state index contributed by atoms with van der Waals surface area (Å²) in [6.45, 7) is 2.06. The number of nitro groups is 1. The predicted molar refractivity (Wildman–Crippen MR) is 57.4 cm³/mol. The van der Waals surface area contributed by atoms with Crippen LogP contribution in [0.3, 0.4) is 0 Å². The van der Waals surface area contributed by atoms with Crippen LogP contribution in [0.15, 0.2) is 15.9 Å². The molecule has 0 aliphatic carbocycles. The van der Waals surface area contributed by atoms with E-state index in [2.05, 4.69) is 0 Å². The summed E-state index contributed by atoms with van der Waals surface area (Å²) in [4.78, 5) is 23.6. The Labute approximate surface area is 96.7 Å². The first-order valence-electron chi connectivity index (χ1n) is 4.15. The van der Waals surface area contributed by atoms with Gasteiger partial charge in [0.2, 0.25) is 0 Å². The third-order valence-corrected chi connectivity index (χ3v) is 4.55. The Morgan fingerprint density at radius 1 is 1.73 bits per heavy atom. The summed E-state index contributed by atoms with van der Waals surface area (Å²) >= 11 is 0.953. The van der Waals surface area contributed by atoms with Gasteiger partial charge in [-0.1, -0.05) is 0 Å². The van der Waals surface area contributed by atoms with Gasteiger partial charge in [0.15, 0.2) is 0 Å². The molecule has 0 spiro atoms. The van der Waals surface area contributed by atoms with Crippen molar-refractivity contribution in [3.8, 4) is 0 Å². The van der Waals surface area contributed by atoms with Crippen molar-refractivity contribution in [2.75, 3.05) is 12.4 Å². The van der Waals surface area contributed by atoms with Crippen molar-refractivity contribution in [1.82, 2.24) is 0 Å². The zero-order valence-electron chi connectivity index (χ0n) is 7.97. The van der Waals surface area contributed by atoms with E-state index in [1.807, 2.05) is 0 Å². The number of hydrogen-bond donors (Lipinski definition) is 0. The first-order chi connectivity index (χ1) is 7.15. The maximum absolute atomic E-state index is 11.0. The zero-order chi connectivity index (χ0) is 11.3. The predicted octanol–water partition coefficient (Wildman–Crippen LogP) is 1.31. The maximum atomic E-state index is 11.0. The van der Waals surface area contributed by atoms with Crippen molar-refractivity contribution < 1.29 is 14.5 Å². The van der Waals surface area contributed by atoms with Crippen LogP contribution in [-0.2, 0) is 9.53 Å². The van der Waals surface area contributed by atoms with E-state index < -0.39 is 0 Å². The molecular weight excluding hydrogens is 285 g/mol. The van der Waals surface area contributed by atoms with E-state index in [0.29, 0.717) is 11.5 Å². The Morgan fingerprint density at radius 2 is 2.47 bits per heavy atom. The number of carbonyl (C=O) groups excluding carboxylic acids is 1. The van der Waals surface area contributed by atoms with E-state index in [4.69, 9.17) is 4.74 Å². The van der Waals surface area contributed by atoms with Gasteiger partial charge in [-0.15, -0.1) is 0 Å². The van der Waals surface area contributed by atoms with Gasteiger partial charge in [0, 0.05) is 0 Å². The van der Waals surface area contributed by atoms with Crippen molar-refractivity contribution in [2.45, 2.75) is 11.8 Å². The molecule has 1 rings (SSSR count). The molecule has 0 bridgehead atoms. The van der Waals surface area contributed by atoms with Crippen LogP contribution in [0, 0.1) is 10.1 Å². The molecule has 0 radical (unpaired) electrons. The summed E-state index contributed by atoms with van der Waals surface area (Å²) in [6, 6.07) is 1.70. The van der Waals surface area contributed by atoms with Crippen LogP contribution in [0.5, 0.6) is 0 Å². The van der Waals surface area contributed by atoms with Crippen LogP contribution in [0.1, 0.15) is 6.92 Å². The number of esters is 1. The number of hydrogen-bond acceptors (Lipinski definition) is 5. The molecule has 1 heterocycles. The molecule has 5 nitrogen and oxygen atoms in total. The van der Waals surface area contributed by atoms with E-state index in [1.165, 1.54) is 0 Å². The molecular formula is C8H9NO4SSe. The summed E-state index contributed by atoms with van der Waals surface area (Å²) in [6.07, 6.45) is 0. The molecule has 0 N–H and O–H groups in total. The number of rotatable bonds is 5. The Hall–Kier alpha value is -0.781. The fourth-order valence-corrected chi connectivity index (χ4v) is 3.67. The summed E-state index contributed by atoms with van der Waals surface area (Å²) in [5.74, 6) is -0.216. The molecule has 1 aromatic rings. The fourth-order valence-electron chi connectivity index (χ4n) is 0.872. The van der Waals surface area contributed by atoms with Crippen molar-refractivity contribution in [1.29, 1.82) is 0 Å². The molecule has 0 unspecified atom stereocenters. The number of thioether (sulfide) groups is 1. The van der Waals surface area contributed by atoms with E-state index in [-0.39, 0.29) is 35.7 Å². The van der Waals surface area contributed by atoms with Crippen LogP contribution in [0.25, 0.3) is 0 Å². The third kappa shape index (κ3) is 3.70. The normalized spacial score (nSPS) is 9.93. The monoisotopic (exact) mass is 295 g/mol. The van der Waals surface area contributed by atoms with Crippen molar-refractivity contribution in [3.05, 3.63) is 21.1 Å². The van der Waals surface area contributed by atoms with Gasteiger partial charge < -0.3 is 0 Å². The van der Waals surface area contributed by atoms with Gasteiger partial charge in [-0.2, -0.15) is 0 Å². The van der Waals surface area contributed by atoms with Gasteiger partial charge in [0.1, 0.15) is 0 Å². The van der Waals surface area contributed by atoms with Crippen LogP contribution < -0.4 is 0 Å². The average Bonchev–Trinajstić information content (AvgIpc) is 2.63. The molecule has 0 saturated carbocycles. The van der Waals surface area contributed by atoms with E-state index in [0.717, 1.165) is 11.8 Å². The minimum atomic E-state index is -0.381. The fraction of sp³-hybridized carbons (Fsp3) is 0.375. The molecule has 82 valence electrons. The Kier molecular flexibility index (Phi) is 4.87. The summed E-state index contributed by atoms with van der Waals surface area (Å²) in [5.41, 5.74) is 0. The van der Waals surface area contributed by atoms with E-state index >= 15 is 0 Å². The second kappa shape index (κ2) is 5.95. The third-order valence-electron chi connectivity index (χ3n) is 1.43. The van der Waals surface area contributed by atoms with Gasteiger partial charge in [-0.3, -0.25) is 0 Å². The first kappa shape index (κ1) is 12.3. The average molecular weight is 294 g/mol. The summed E-state index contributed by atoms with van der Waals surface area (Å²) < 4.78 is 4.95. The molecule has 15 heavy (non-hydrogen) atoms. The topological polar surface area (TPSA) is 69.4 Å². The molecule has 0 saturated heterocycles. The van der Waals surface area contributed by atoms with Crippen LogP contribution in [-0.4, -0.2) is 37.8 Å². The number of nitrogens with zero attached hydrogens (tertiary/aromatic N) is 1. The first-order valence-corrected chi connectivity index (χ1v) is 6.98. The molecule has 7 heteroatoms. The van der Waals surface area contributed by atoms with Gasteiger partial charge >= 0.3 is 96.6 Å². The molecule has 0 aliphatic rings. The van der Waals surface area contributed by atoms with Gasteiger partial charge in [-0.25, -0.2) is 0 Å². The van der Waals surface area contributed by atoms with Gasteiger partial charge in [0.05, 0.1) is 0 Å². The summed E-state index contributed by atoms with van der Waals surface area (Å²) in [7, 11) is 0. The molecule has 1 aromatic heterocycles. The van der Waals surface area contributed by atoms with Gasteiger partial charge in [0.25, 0.3) is 0 Å². The zero-order valence-corrected chi connectivity index (χ0v) is 10.5. The molecule has 0 fully saturated rings. The van der Waals surface area contributed by atoms with Crippen LogP contribution >= 0.6 is 11.8 Å². The minimum absolute atomic E-state index is 0.126. The van der Waals surface area contributed by atoms with Crippen LogP contribution in [0.2, 0.25) is 0 Å². The van der Waals surface area contributed by atoms with Crippen LogP contribution in [0.4, 0.5) is 4.56 Å². The van der Waals surface area contributed by atoms with E-state index in [9.17, 15) is 14.9 Å². The molecule has 0 aromatic carbocycles. The molecule has 0 atom stereocenters. The second-order valence-electron chi connectivity index (χ2n) is 2.44. The molecule has 0 aliphatic heterocycles. The van der Waals surface area contributed by atoms with Crippen molar-refractivity contribution >= 4 is 36.8 Å². The van der Waals surface area contributed by atoms with E-state index in [1.54, 1.807) is 17.9 Å². The second-order valence-corrected chi connectivity index (χ2v) is 5.33. The Balaban J connectivity index is 2.54. The standard InChI is InChI=1S/C8H9NO4SSe/c1-2-13-7(10)5-14-6-3-4-15-8(6)9(11)12/h3-4H,2,5H2,1H3. The number of ether oxygens (including phenoxy) is 1. The van der Waals surface area contributed by atoms with Gasteiger partial charge in [-0.05, 0) is 0 Å². The molecule has 0 amide bonds. The van der Waals surface area contributed by atoms with Crippen molar-refractivity contribution in [3.63, 3.8) is 0 Å². The number of carbonyl (C=O) groups is 1. The summed E-state index contributed by atoms with van der Waals surface area (Å²) in [5, 5.41) is 10.6.